The number of fused-ring (bicyclic) bond motifs is 1. The monoisotopic (exact) mass is 201 g/mol. The first-order chi connectivity index (χ1) is 6.85. The molecule has 1 nitrogen and oxygen atoms in total. The minimum absolute atomic E-state index is 0.109. The summed E-state index contributed by atoms with van der Waals surface area (Å²) in [5.41, 5.74) is 8.10. The summed E-state index contributed by atoms with van der Waals surface area (Å²) < 4.78 is 0. The van der Waals surface area contributed by atoms with E-state index in [4.69, 9.17) is 0 Å². The second kappa shape index (κ2) is 2.94. The van der Waals surface area contributed by atoms with E-state index in [1.807, 2.05) is 0 Å². The van der Waals surface area contributed by atoms with E-state index in [1.54, 1.807) is 0 Å². The highest BCUT2D eigenvalue weighted by molar-refractivity contribution is 6.00. The molecule has 0 radical (unpaired) electrons. The maximum Gasteiger partial charge on any atom is 0.0676 e. The highest BCUT2D eigenvalue weighted by Crippen LogP contribution is 2.43. The predicted molar refractivity (Wildman–Crippen MR) is 66.4 cm³/mol. The standard InChI is InChI=1S/C14H19N/c1-8-7-12-13(10(3)9(8)2)14(5,6)11(4)15-12/h7H,1-6H3. The van der Waals surface area contributed by atoms with Crippen molar-refractivity contribution in [2.75, 3.05) is 0 Å². The van der Waals surface area contributed by atoms with Gasteiger partial charge in [0.25, 0.3) is 0 Å². The van der Waals surface area contributed by atoms with Gasteiger partial charge in [-0.2, -0.15) is 0 Å². The molecule has 0 aromatic heterocycles. The van der Waals surface area contributed by atoms with Crippen molar-refractivity contribution >= 4 is 11.4 Å². The number of aliphatic imine (C=N–C) groups is 1. The van der Waals surface area contributed by atoms with Gasteiger partial charge in [-0.15, -0.1) is 0 Å². The lowest BCUT2D eigenvalue weighted by atomic mass is 9.78. The molecule has 2 rings (SSSR count). The fourth-order valence-corrected chi connectivity index (χ4v) is 2.44. The zero-order chi connectivity index (χ0) is 11.4. The second-order valence-electron chi connectivity index (χ2n) is 5.16. The molecular formula is C14H19N. The van der Waals surface area contributed by atoms with Crippen LogP contribution in [0, 0.1) is 20.8 Å². The Hall–Kier alpha value is -1.11. The summed E-state index contributed by atoms with van der Waals surface area (Å²) in [5.74, 6) is 0. The zero-order valence-electron chi connectivity index (χ0n) is 10.5. The van der Waals surface area contributed by atoms with Crippen molar-refractivity contribution in [1.82, 2.24) is 0 Å². The maximum atomic E-state index is 4.68. The van der Waals surface area contributed by atoms with Crippen LogP contribution in [0.5, 0.6) is 0 Å². The van der Waals surface area contributed by atoms with Crippen molar-refractivity contribution in [2.45, 2.75) is 47.0 Å². The highest BCUT2D eigenvalue weighted by Gasteiger charge is 2.34. The molecule has 0 fully saturated rings. The predicted octanol–water partition coefficient (Wildman–Crippen LogP) is 4.00. The Morgan fingerprint density at radius 3 is 2.20 bits per heavy atom. The van der Waals surface area contributed by atoms with E-state index in [9.17, 15) is 0 Å². The number of benzene rings is 1. The second-order valence-corrected chi connectivity index (χ2v) is 5.16. The quantitative estimate of drug-likeness (QED) is 0.601. The highest BCUT2D eigenvalue weighted by atomic mass is 14.8. The van der Waals surface area contributed by atoms with Gasteiger partial charge in [0.15, 0.2) is 0 Å². The minimum atomic E-state index is 0.109. The first kappa shape index (κ1) is 10.4. The van der Waals surface area contributed by atoms with E-state index < -0.39 is 0 Å². The average Bonchev–Trinajstić information content (AvgIpc) is 2.34. The van der Waals surface area contributed by atoms with E-state index in [0.29, 0.717) is 0 Å². The lowest BCUT2D eigenvalue weighted by molar-refractivity contribution is 0.725. The van der Waals surface area contributed by atoms with Crippen LogP contribution >= 0.6 is 0 Å². The van der Waals surface area contributed by atoms with Crippen molar-refractivity contribution in [2.24, 2.45) is 4.99 Å². The molecular weight excluding hydrogens is 182 g/mol. The number of hydrogen-bond acceptors (Lipinski definition) is 1. The van der Waals surface area contributed by atoms with Crippen LogP contribution in [0.15, 0.2) is 11.1 Å². The Kier molecular flexibility index (Phi) is 2.04. The number of rotatable bonds is 0. The van der Waals surface area contributed by atoms with E-state index in [0.717, 1.165) is 0 Å². The Balaban J connectivity index is 2.79. The molecule has 1 heteroatoms. The molecule has 0 bridgehead atoms. The fourth-order valence-electron chi connectivity index (χ4n) is 2.44. The largest absolute Gasteiger partial charge is 0.257 e. The summed E-state index contributed by atoms with van der Waals surface area (Å²) in [7, 11) is 0. The summed E-state index contributed by atoms with van der Waals surface area (Å²) in [4.78, 5) is 4.68. The third-order valence-electron chi connectivity index (χ3n) is 3.96. The molecule has 0 amide bonds. The normalized spacial score (nSPS) is 17.6. The smallest absolute Gasteiger partial charge is 0.0676 e. The average molecular weight is 201 g/mol. The van der Waals surface area contributed by atoms with Crippen LogP contribution in [0.3, 0.4) is 0 Å². The molecule has 80 valence electrons. The summed E-state index contributed by atoms with van der Waals surface area (Å²) in [6, 6.07) is 2.22. The molecule has 0 unspecified atom stereocenters. The number of aryl methyl sites for hydroxylation is 1. The molecule has 0 aliphatic carbocycles. The topological polar surface area (TPSA) is 12.4 Å². The van der Waals surface area contributed by atoms with Crippen molar-refractivity contribution < 1.29 is 0 Å². The Bertz CT molecular complexity index is 465. The third-order valence-corrected chi connectivity index (χ3v) is 3.96. The van der Waals surface area contributed by atoms with Gasteiger partial charge in [0.2, 0.25) is 0 Å². The van der Waals surface area contributed by atoms with Crippen LogP contribution in [-0.2, 0) is 5.41 Å². The van der Waals surface area contributed by atoms with Crippen molar-refractivity contribution in [3.8, 4) is 0 Å². The molecule has 0 atom stereocenters. The first-order valence-corrected chi connectivity index (χ1v) is 5.52. The summed E-state index contributed by atoms with van der Waals surface area (Å²) >= 11 is 0. The molecule has 1 aromatic rings. The lowest BCUT2D eigenvalue weighted by Crippen LogP contribution is -2.24. The van der Waals surface area contributed by atoms with Gasteiger partial charge in [-0.25, -0.2) is 0 Å². The van der Waals surface area contributed by atoms with E-state index in [2.05, 4.69) is 52.6 Å². The van der Waals surface area contributed by atoms with Crippen molar-refractivity contribution in [3.05, 3.63) is 28.3 Å². The van der Waals surface area contributed by atoms with Gasteiger partial charge in [0, 0.05) is 11.1 Å². The van der Waals surface area contributed by atoms with Crippen LogP contribution in [0.4, 0.5) is 5.69 Å². The van der Waals surface area contributed by atoms with Crippen LogP contribution in [-0.4, -0.2) is 5.71 Å². The molecule has 1 aliphatic heterocycles. The third kappa shape index (κ3) is 1.26. The zero-order valence-corrected chi connectivity index (χ0v) is 10.5. The molecule has 0 saturated heterocycles. The molecule has 1 aromatic carbocycles. The van der Waals surface area contributed by atoms with Crippen molar-refractivity contribution in [1.29, 1.82) is 0 Å². The van der Waals surface area contributed by atoms with Crippen LogP contribution in [0.25, 0.3) is 0 Å². The molecule has 0 saturated carbocycles. The van der Waals surface area contributed by atoms with Crippen LogP contribution in [0.1, 0.15) is 43.0 Å². The fraction of sp³-hybridized carbons (Fsp3) is 0.500. The van der Waals surface area contributed by atoms with E-state index in [1.165, 1.54) is 33.7 Å². The lowest BCUT2D eigenvalue weighted by Gasteiger charge is -2.23. The van der Waals surface area contributed by atoms with Gasteiger partial charge in [-0.05, 0) is 56.0 Å². The molecule has 1 heterocycles. The van der Waals surface area contributed by atoms with E-state index >= 15 is 0 Å². The summed E-state index contributed by atoms with van der Waals surface area (Å²) in [6.07, 6.45) is 0. The van der Waals surface area contributed by atoms with Gasteiger partial charge in [-0.3, -0.25) is 4.99 Å². The minimum Gasteiger partial charge on any atom is -0.257 e. The van der Waals surface area contributed by atoms with Gasteiger partial charge in [0.1, 0.15) is 0 Å². The molecule has 1 aliphatic rings. The van der Waals surface area contributed by atoms with Gasteiger partial charge in [0.05, 0.1) is 5.69 Å². The molecule has 0 spiro atoms. The van der Waals surface area contributed by atoms with Crippen LogP contribution in [0.2, 0.25) is 0 Å². The SMILES string of the molecule is CC1=Nc2cc(C)c(C)c(C)c2C1(C)C. The Morgan fingerprint density at radius 2 is 1.60 bits per heavy atom. The Morgan fingerprint density at radius 1 is 1.00 bits per heavy atom. The number of hydrogen-bond donors (Lipinski definition) is 0. The van der Waals surface area contributed by atoms with Gasteiger partial charge >= 0.3 is 0 Å². The van der Waals surface area contributed by atoms with Crippen LogP contribution < -0.4 is 0 Å². The first-order valence-electron chi connectivity index (χ1n) is 5.52. The van der Waals surface area contributed by atoms with Gasteiger partial charge in [-0.1, -0.05) is 13.8 Å². The maximum absolute atomic E-state index is 4.68. The molecule has 15 heavy (non-hydrogen) atoms. The van der Waals surface area contributed by atoms with Crippen molar-refractivity contribution in [3.63, 3.8) is 0 Å². The summed E-state index contributed by atoms with van der Waals surface area (Å²) in [6.45, 7) is 13.2. The molecule has 0 N–H and O–H groups in total. The Labute approximate surface area is 92.2 Å². The van der Waals surface area contributed by atoms with E-state index in [-0.39, 0.29) is 5.41 Å². The number of nitrogens with zero attached hydrogens (tertiary/aromatic N) is 1. The van der Waals surface area contributed by atoms with Gasteiger partial charge < -0.3 is 0 Å². The summed E-state index contributed by atoms with van der Waals surface area (Å²) in [5, 5.41) is 0.